The highest BCUT2D eigenvalue weighted by Crippen LogP contribution is 2.44. The smallest absolute Gasteiger partial charge is 0.338 e. The fraction of sp³-hybridized carbons (Fsp3) is 0.315. The molecule has 1 saturated carbocycles. The minimum absolute atomic E-state index is 0.0347. The maximum absolute atomic E-state index is 14.6. The van der Waals surface area contributed by atoms with Gasteiger partial charge in [0.05, 0.1) is 63.5 Å². The van der Waals surface area contributed by atoms with E-state index in [9.17, 15) is 14.7 Å². The van der Waals surface area contributed by atoms with Gasteiger partial charge >= 0.3 is 11.9 Å². The van der Waals surface area contributed by atoms with Crippen molar-refractivity contribution in [1.82, 2.24) is 0 Å². The zero-order valence-corrected chi connectivity index (χ0v) is 50.3. The van der Waals surface area contributed by atoms with Crippen molar-refractivity contribution in [2.24, 2.45) is 5.92 Å². The molecule has 1 N–H and O–H groups in total. The summed E-state index contributed by atoms with van der Waals surface area (Å²) >= 11 is 0. The summed E-state index contributed by atoms with van der Waals surface area (Å²) in [6.07, 6.45) is -10.8. The second kappa shape index (κ2) is 29.8. The first-order chi connectivity index (χ1) is 41.9. The second-order valence-corrected chi connectivity index (χ2v) is 27.5. The molecule has 10 rings (SSSR count). The van der Waals surface area contributed by atoms with Crippen LogP contribution in [0.25, 0.3) is 0 Å². The molecule has 11 atom stereocenters. The highest BCUT2D eigenvalue weighted by atomic mass is 28.4. The number of aliphatic hydroxyl groups is 1. The van der Waals surface area contributed by atoms with E-state index in [4.69, 9.17) is 42.3 Å². The predicted molar refractivity (Wildman–Crippen MR) is 333 cm³/mol. The van der Waals surface area contributed by atoms with Crippen LogP contribution in [0.15, 0.2) is 243 Å². The number of carbonyl (C=O) groups is 2. The van der Waals surface area contributed by atoms with Crippen LogP contribution in [0.4, 0.5) is 0 Å². The van der Waals surface area contributed by atoms with Gasteiger partial charge in [-0.25, -0.2) is 4.79 Å². The number of esters is 2. The van der Waals surface area contributed by atoms with E-state index in [-0.39, 0.29) is 51.6 Å². The lowest BCUT2D eigenvalue weighted by molar-refractivity contribution is -0.283. The molecule has 12 nitrogen and oxygen atoms in total. The van der Waals surface area contributed by atoms with Crippen molar-refractivity contribution >= 4 is 30.6 Å². The number of benzene rings is 8. The zero-order chi connectivity index (χ0) is 59.7. The lowest BCUT2D eigenvalue weighted by Gasteiger charge is -2.52. The van der Waals surface area contributed by atoms with Crippen LogP contribution in [0, 0.1) is 5.92 Å². The molecule has 2 fully saturated rings. The van der Waals surface area contributed by atoms with Gasteiger partial charge in [0, 0.05) is 12.8 Å². The summed E-state index contributed by atoms with van der Waals surface area (Å²) in [6, 6.07) is 78.9. The Bertz CT molecular complexity index is 3150. The topological polar surface area (TPSA) is 137 Å². The van der Waals surface area contributed by atoms with Gasteiger partial charge in [-0.3, -0.25) is 4.79 Å². The summed E-state index contributed by atoms with van der Waals surface area (Å²) < 4.78 is 64.3. The van der Waals surface area contributed by atoms with Crippen LogP contribution in [-0.2, 0) is 80.1 Å². The Labute approximate surface area is 507 Å². The van der Waals surface area contributed by atoms with Gasteiger partial charge in [-0.05, 0) is 61.8 Å². The second-order valence-electron chi connectivity index (χ2n) is 23.2. The number of rotatable bonds is 25. The van der Waals surface area contributed by atoms with Crippen LogP contribution in [0.3, 0.4) is 0 Å². The van der Waals surface area contributed by atoms with Gasteiger partial charge in [0.25, 0.3) is 8.32 Å². The Morgan fingerprint density at radius 1 is 0.419 bits per heavy atom. The molecular formula is C73H78O12Si. The molecule has 8 aromatic carbocycles. The number of hydrogen-bond donors (Lipinski definition) is 1. The Morgan fingerprint density at radius 3 is 1.08 bits per heavy atom. The fourth-order valence-electron chi connectivity index (χ4n) is 12.2. The first-order valence-corrected chi connectivity index (χ1v) is 31.7. The van der Waals surface area contributed by atoms with Gasteiger partial charge in [-0.1, -0.05) is 251 Å². The molecule has 8 aromatic rings. The largest absolute Gasteiger partial charge is 0.457 e. The Balaban J connectivity index is 1.13. The molecule has 2 unspecified atom stereocenters. The maximum atomic E-state index is 14.6. The van der Waals surface area contributed by atoms with E-state index in [1.165, 1.54) is 6.92 Å². The van der Waals surface area contributed by atoms with Crippen molar-refractivity contribution in [3.05, 3.63) is 276 Å². The lowest BCUT2D eigenvalue weighted by Crippen LogP contribution is -2.69. The number of aliphatic hydroxyl groups excluding tert-OH is 1. The first kappa shape index (κ1) is 61.7. The van der Waals surface area contributed by atoms with Crippen molar-refractivity contribution in [3.63, 3.8) is 0 Å². The van der Waals surface area contributed by atoms with Crippen molar-refractivity contribution in [1.29, 1.82) is 0 Å². The van der Waals surface area contributed by atoms with Crippen LogP contribution in [0.2, 0.25) is 5.04 Å². The Kier molecular flexibility index (Phi) is 21.4. The van der Waals surface area contributed by atoms with E-state index < -0.39 is 92.3 Å². The van der Waals surface area contributed by atoms with Crippen LogP contribution in [-0.4, -0.2) is 93.0 Å². The molecular weight excluding hydrogens is 1100 g/mol. The summed E-state index contributed by atoms with van der Waals surface area (Å²) in [7, 11) is -3.29. The SMILES string of the molecule is CC(=O)O[C@H]1[C@H](O)[C@H](OC(=O)c2ccccc2)[C@@H](CC2[C@@H](OCc3ccccc3)[C@H](OCc3ccccc3)C(OCc3ccccc3)[C@@H](OCc3ccccc3)[C@H]2OCc2ccccc2)O[C@@H]1CO[Si](c1ccccc1)(c1ccccc1)C(C)(C)C. The predicted octanol–water partition coefficient (Wildman–Crippen LogP) is 11.8. The summed E-state index contributed by atoms with van der Waals surface area (Å²) in [6.45, 7) is 8.64. The Morgan fingerprint density at radius 2 is 0.733 bits per heavy atom. The van der Waals surface area contributed by atoms with Crippen LogP contribution < -0.4 is 10.4 Å². The molecule has 1 aliphatic heterocycles. The summed E-state index contributed by atoms with van der Waals surface area (Å²) in [5, 5.41) is 14.7. The number of carbonyl (C=O) groups excluding carboxylic acids is 2. The molecule has 0 radical (unpaired) electrons. The third-order valence-electron chi connectivity index (χ3n) is 16.3. The fourth-order valence-corrected chi connectivity index (χ4v) is 16.7. The normalized spacial score (nSPS) is 23.2. The monoisotopic (exact) mass is 1170 g/mol. The molecule has 0 bridgehead atoms. The first-order valence-electron chi connectivity index (χ1n) is 29.7. The molecule has 0 amide bonds. The van der Waals surface area contributed by atoms with Crippen molar-refractivity contribution in [2.75, 3.05) is 6.61 Å². The standard InChI is InChI=1S/C73H78O12Si/c1-52(74)83-68-63(51-82-86(73(2,3)4,59-41-25-11-26-42-59)60-43-27-12-28-44-60)84-62(67(64(68)75)85-72(76)58-39-23-10-24-40-58)45-61-65(77-46-53-29-13-5-14-30-53)69(79-48-55-33-17-7-18-34-55)71(81-50-57-37-21-9-22-38-57)70(80-49-56-35-19-8-20-36-56)66(61)78-47-54-31-15-6-16-32-54/h5-44,61-71,75H,45-51H2,1-4H3/t61?,62-,63-,64-,65-,66+,67-,68-,69+,70+,71?/m1/s1. The number of hydrogen-bond acceptors (Lipinski definition) is 12. The number of ether oxygens (including phenoxy) is 8. The van der Waals surface area contributed by atoms with E-state index in [1.54, 1.807) is 24.3 Å². The van der Waals surface area contributed by atoms with Crippen LogP contribution in [0.1, 0.15) is 72.3 Å². The van der Waals surface area contributed by atoms with Gasteiger partial charge < -0.3 is 47.4 Å². The van der Waals surface area contributed by atoms with Crippen LogP contribution >= 0.6 is 0 Å². The van der Waals surface area contributed by atoms with Gasteiger partial charge in [-0.15, -0.1) is 0 Å². The Hall–Kier alpha value is -7.40. The summed E-state index contributed by atoms with van der Waals surface area (Å²) in [5.74, 6) is -2.08. The minimum atomic E-state index is -3.29. The summed E-state index contributed by atoms with van der Waals surface area (Å²) in [5.41, 5.74) is 4.91. The molecule has 2 aliphatic rings. The average Bonchev–Trinajstić information content (AvgIpc) is 1.74. The molecule has 0 aromatic heterocycles. The molecule has 1 saturated heterocycles. The van der Waals surface area contributed by atoms with Gasteiger partial charge in [0.15, 0.2) is 12.2 Å². The molecule has 446 valence electrons. The highest BCUT2D eigenvalue weighted by Gasteiger charge is 2.59. The van der Waals surface area contributed by atoms with Crippen LogP contribution in [0.5, 0.6) is 0 Å². The molecule has 13 heteroatoms. The van der Waals surface area contributed by atoms with Gasteiger partial charge in [0.1, 0.15) is 30.5 Å². The molecule has 1 heterocycles. The third-order valence-corrected chi connectivity index (χ3v) is 21.3. The van der Waals surface area contributed by atoms with Crippen molar-refractivity contribution < 1.29 is 57.0 Å². The van der Waals surface area contributed by atoms with E-state index >= 15 is 0 Å². The zero-order valence-electron chi connectivity index (χ0n) is 49.3. The molecule has 1 aliphatic carbocycles. The quantitative estimate of drug-likeness (QED) is 0.0431. The maximum Gasteiger partial charge on any atom is 0.338 e. The third kappa shape index (κ3) is 15.4. The van der Waals surface area contributed by atoms with Gasteiger partial charge in [-0.2, -0.15) is 0 Å². The average molecular weight is 1180 g/mol. The van der Waals surface area contributed by atoms with Crippen molar-refractivity contribution in [2.45, 2.75) is 133 Å². The molecule has 0 spiro atoms. The summed E-state index contributed by atoms with van der Waals surface area (Å²) in [4.78, 5) is 28.0. The lowest BCUT2D eigenvalue weighted by atomic mass is 9.73. The highest BCUT2D eigenvalue weighted by molar-refractivity contribution is 6.99. The van der Waals surface area contributed by atoms with Gasteiger partial charge in [0.2, 0.25) is 0 Å². The minimum Gasteiger partial charge on any atom is -0.457 e. The van der Waals surface area contributed by atoms with E-state index in [1.807, 2.05) is 194 Å². The van der Waals surface area contributed by atoms with E-state index in [2.05, 4.69) is 45.0 Å². The van der Waals surface area contributed by atoms with E-state index in [0.717, 1.165) is 38.2 Å². The van der Waals surface area contributed by atoms with Crippen molar-refractivity contribution in [3.8, 4) is 0 Å². The van der Waals surface area contributed by atoms with E-state index in [0.29, 0.717) is 0 Å². The molecule has 86 heavy (non-hydrogen) atoms.